The van der Waals surface area contributed by atoms with Crippen molar-refractivity contribution in [2.45, 2.75) is 179 Å². The molecule has 8 heteroatoms. The Morgan fingerprint density at radius 2 is 0.414 bits per heavy atom. The molecule has 8 rings (SSSR count). The smallest absolute Gasteiger partial charge is 0.408 e. The number of benzene rings is 6. The topological polar surface area (TPSA) is 55.4 Å². The molecule has 0 fully saturated rings. The van der Waals surface area contributed by atoms with Crippen molar-refractivity contribution in [2.75, 3.05) is 0 Å². The van der Waals surface area contributed by atoms with Crippen molar-refractivity contribution in [1.82, 2.24) is 0 Å². The quantitative estimate of drug-likeness (QED) is 0.160. The van der Waals surface area contributed by atoms with E-state index in [-0.39, 0.29) is 0 Å². The molecule has 2 heterocycles. The SMILES string of the molecule is Cc1c(C)c(C)c2c(c1C)Cc1c(C)c(C)c(C)c(C)c1OP(Oc1c(C)c(C)c(C)c(C)c1-c1c(C)c(C)c(C)c(C)c1OP1Oc3c(C)c(C)c(C)c(C)c3Cc3c(C)c(C)c(C)c(C)c3O1)O2. The first-order valence-electron chi connectivity index (χ1n) is 25.0. The fourth-order valence-electron chi connectivity index (χ4n) is 11.1. The maximum atomic E-state index is 7.52. The van der Waals surface area contributed by atoms with Crippen LogP contribution >= 0.6 is 17.2 Å². The van der Waals surface area contributed by atoms with E-state index in [0.29, 0.717) is 12.8 Å². The van der Waals surface area contributed by atoms with Crippen molar-refractivity contribution < 1.29 is 27.1 Å². The van der Waals surface area contributed by atoms with E-state index in [9.17, 15) is 0 Å². The third-order valence-electron chi connectivity index (χ3n) is 18.2. The monoisotopic (exact) mass is 979 g/mol. The molecule has 0 saturated heterocycles. The number of hydrogen-bond acceptors (Lipinski definition) is 6. The molecule has 0 amide bonds. The summed E-state index contributed by atoms with van der Waals surface area (Å²) >= 11 is 0. The van der Waals surface area contributed by atoms with E-state index in [2.05, 4.69) is 166 Å². The summed E-state index contributed by atoms with van der Waals surface area (Å²) in [6.45, 7) is 52.9. The molecule has 0 spiro atoms. The molecule has 2 aliphatic rings. The van der Waals surface area contributed by atoms with Crippen molar-refractivity contribution in [3.63, 3.8) is 0 Å². The molecule has 0 bridgehead atoms. The molecule has 0 unspecified atom stereocenters. The Hall–Kier alpha value is -5.02. The van der Waals surface area contributed by atoms with Gasteiger partial charge in [-0.3, -0.25) is 0 Å². The number of fused-ring (bicyclic) bond motifs is 4. The van der Waals surface area contributed by atoms with Gasteiger partial charge in [-0.05, 0) is 300 Å². The Balaban J connectivity index is 1.38. The zero-order valence-electron chi connectivity index (χ0n) is 46.8. The van der Waals surface area contributed by atoms with E-state index < -0.39 is 17.2 Å². The molecular weight excluding hydrogens is 903 g/mol. The van der Waals surface area contributed by atoms with Gasteiger partial charge in [0.05, 0.1) is 0 Å². The lowest BCUT2D eigenvalue weighted by Crippen LogP contribution is -2.16. The lowest BCUT2D eigenvalue weighted by molar-refractivity contribution is 0.374. The fourth-order valence-corrected chi connectivity index (χ4v) is 13.6. The van der Waals surface area contributed by atoms with E-state index in [1.54, 1.807) is 0 Å². The number of rotatable bonds is 5. The molecule has 6 nitrogen and oxygen atoms in total. The van der Waals surface area contributed by atoms with Crippen molar-refractivity contribution >= 4 is 17.2 Å². The second kappa shape index (κ2) is 18.5. The van der Waals surface area contributed by atoms with Gasteiger partial charge < -0.3 is 27.1 Å². The van der Waals surface area contributed by atoms with Gasteiger partial charge in [0.2, 0.25) is 0 Å². The Morgan fingerprint density at radius 3 is 0.643 bits per heavy atom. The molecule has 6 aromatic carbocycles. The van der Waals surface area contributed by atoms with E-state index in [1.165, 1.54) is 100 Å². The summed E-state index contributed by atoms with van der Waals surface area (Å²) in [6, 6.07) is 0. The van der Waals surface area contributed by atoms with Gasteiger partial charge in [0.25, 0.3) is 0 Å². The standard InChI is InChI=1S/C62H76O6P2/c1-27-33(7)45(19)57-51(39(27)13)25-52-40(14)28(2)34(8)46(20)58(52)64-69(63-57)67-61-49(23)37(11)31(5)43(17)55(61)56-44(18)32(6)38(12)50(24)62(56)68-70-65-59-47(21)35(9)29(3)41(15)53(59)26-54-42(16)30(4)36(10)48(22)60(54)66-70/h25-26H2,1-24H3. The van der Waals surface area contributed by atoms with Crippen LogP contribution in [0.5, 0.6) is 34.5 Å². The predicted octanol–water partition coefficient (Wildman–Crippen LogP) is 18.1. The summed E-state index contributed by atoms with van der Waals surface area (Å²) in [5.74, 6) is 4.85. The molecule has 370 valence electrons. The largest absolute Gasteiger partial charge is 0.530 e. The van der Waals surface area contributed by atoms with Crippen LogP contribution < -0.4 is 27.1 Å². The van der Waals surface area contributed by atoms with Crippen LogP contribution in [-0.2, 0) is 12.8 Å². The van der Waals surface area contributed by atoms with Crippen LogP contribution in [0, 0.1) is 166 Å². The fraction of sp³-hybridized carbons (Fsp3) is 0.419. The Kier molecular flexibility index (Phi) is 13.6. The minimum absolute atomic E-state index is 0.711. The van der Waals surface area contributed by atoms with Crippen LogP contribution in [0.1, 0.15) is 156 Å². The highest BCUT2D eigenvalue weighted by Gasteiger charge is 2.37. The van der Waals surface area contributed by atoms with Crippen LogP contribution in [0.25, 0.3) is 11.1 Å². The highest BCUT2D eigenvalue weighted by Crippen LogP contribution is 2.59. The molecule has 0 aliphatic carbocycles. The molecule has 2 aliphatic heterocycles. The van der Waals surface area contributed by atoms with Gasteiger partial charge in [0, 0.05) is 46.2 Å². The van der Waals surface area contributed by atoms with E-state index in [4.69, 9.17) is 27.1 Å². The zero-order chi connectivity index (χ0) is 51.6. The third kappa shape index (κ3) is 7.90. The minimum Gasteiger partial charge on any atom is -0.408 e. The van der Waals surface area contributed by atoms with Crippen LogP contribution in [0.2, 0.25) is 0 Å². The molecular formula is C62H76O6P2. The van der Waals surface area contributed by atoms with Crippen molar-refractivity contribution in [3.8, 4) is 45.6 Å². The molecule has 0 N–H and O–H groups in total. The van der Waals surface area contributed by atoms with Crippen LogP contribution in [-0.4, -0.2) is 0 Å². The van der Waals surface area contributed by atoms with Gasteiger partial charge in [0.15, 0.2) is 0 Å². The van der Waals surface area contributed by atoms with Crippen LogP contribution in [0.3, 0.4) is 0 Å². The summed E-state index contributed by atoms with van der Waals surface area (Å²) in [7, 11) is -4.11. The van der Waals surface area contributed by atoms with Crippen LogP contribution in [0.4, 0.5) is 0 Å². The highest BCUT2D eigenvalue weighted by atomic mass is 31.2. The molecule has 0 saturated carbocycles. The summed E-state index contributed by atoms with van der Waals surface area (Å²) in [6.07, 6.45) is 1.42. The first-order chi connectivity index (χ1) is 32.7. The minimum atomic E-state index is -2.06. The van der Waals surface area contributed by atoms with Gasteiger partial charge in [-0.15, -0.1) is 0 Å². The number of hydrogen-bond donors (Lipinski definition) is 0. The van der Waals surface area contributed by atoms with Crippen LogP contribution in [0.15, 0.2) is 0 Å². The average molecular weight is 979 g/mol. The van der Waals surface area contributed by atoms with Crippen molar-refractivity contribution in [2.24, 2.45) is 0 Å². The second-order valence-corrected chi connectivity index (χ2v) is 23.0. The summed E-state index contributed by atoms with van der Waals surface area (Å²) < 4.78 is 44.0. The van der Waals surface area contributed by atoms with Crippen molar-refractivity contribution in [3.05, 3.63) is 156 Å². The predicted molar refractivity (Wildman–Crippen MR) is 295 cm³/mol. The summed E-state index contributed by atoms with van der Waals surface area (Å²) in [4.78, 5) is 0. The highest BCUT2D eigenvalue weighted by molar-refractivity contribution is 7.43. The molecule has 0 atom stereocenters. The second-order valence-electron chi connectivity index (χ2n) is 21.0. The van der Waals surface area contributed by atoms with Gasteiger partial charge in [-0.1, -0.05) is 0 Å². The maximum absolute atomic E-state index is 7.52. The van der Waals surface area contributed by atoms with Gasteiger partial charge >= 0.3 is 17.2 Å². The van der Waals surface area contributed by atoms with E-state index in [1.807, 2.05) is 0 Å². The zero-order valence-corrected chi connectivity index (χ0v) is 48.5. The first kappa shape index (κ1) is 51.3. The lowest BCUT2D eigenvalue weighted by atomic mass is 9.84. The normalized spacial score (nSPS) is 13.7. The van der Waals surface area contributed by atoms with E-state index in [0.717, 1.165) is 101 Å². The Morgan fingerprint density at radius 1 is 0.229 bits per heavy atom. The van der Waals surface area contributed by atoms with Gasteiger partial charge in [-0.25, -0.2) is 0 Å². The average Bonchev–Trinajstić information content (AvgIpc) is 3.32. The van der Waals surface area contributed by atoms with Crippen molar-refractivity contribution in [1.29, 1.82) is 0 Å². The summed E-state index contributed by atoms with van der Waals surface area (Å²) in [5, 5.41) is 0. The third-order valence-corrected chi connectivity index (χ3v) is 20.2. The summed E-state index contributed by atoms with van der Waals surface area (Å²) in [5.41, 5.74) is 35.1. The van der Waals surface area contributed by atoms with Gasteiger partial charge in [-0.2, -0.15) is 0 Å². The molecule has 70 heavy (non-hydrogen) atoms. The maximum Gasteiger partial charge on any atom is 0.530 e. The molecule has 6 aromatic rings. The Labute approximate surface area is 422 Å². The lowest BCUT2D eigenvalue weighted by Gasteiger charge is -2.32. The van der Waals surface area contributed by atoms with Gasteiger partial charge in [0.1, 0.15) is 34.5 Å². The Bertz CT molecular complexity index is 2900. The van der Waals surface area contributed by atoms with E-state index >= 15 is 0 Å². The molecule has 0 radical (unpaired) electrons. The molecule has 0 aromatic heterocycles. The first-order valence-corrected chi connectivity index (χ1v) is 27.2.